The maximum Gasteiger partial charge on any atom is 0.274 e. The molecule has 116 valence electrons. The van der Waals surface area contributed by atoms with Crippen molar-refractivity contribution >= 4 is 27.5 Å². The third kappa shape index (κ3) is 5.22. The molecule has 1 aromatic carbocycles. The first-order chi connectivity index (χ1) is 9.76. The van der Waals surface area contributed by atoms with Gasteiger partial charge in [0.15, 0.2) is 0 Å². The van der Waals surface area contributed by atoms with Gasteiger partial charge in [0.2, 0.25) is 0 Å². The molecule has 0 unspecified atom stereocenters. The highest BCUT2D eigenvalue weighted by atomic mass is 79.9. The van der Waals surface area contributed by atoms with Crippen LogP contribution in [0.5, 0.6) is 5.75 Å². The highest BCUT2D eigenvalue weighted by Gasteiger charge is 2.23. The van der Waals surface area contributed by atoms with Gasteiger partial charge in [-0.3, -0.25) is 10.1 Å². The molecule has 0 amide bonds. The number of nitro groups is 1. The molecule has 1 aromatic rings. The number of amidine groups is 1. The highest BCUT2D eigenvalue weighted by molar-refractivity contribution is 9.10. The Bertz CT molecular complexity index is 546. The van der Waals surface area contributed by atoms with Gasteiger partial charge in [-0.15, -0.1) is 0 Å². The first-order valence-corrected chi connectivity index (χ1v) is 7.11. The Labute approximate surface area is 131 Å². The smallest absolute Gasteiger partial charge is 0.274 e. The van der Waals surface area contributed by atoms with Crippen LogP contribution in [0.1, 0.15) is 26.7 Å². The summed E-state index contributed by atoms with van der Waals surface area (Å²) in [7, 11) is 0. The lowest BCUT2D eigenvalue weighted by Crippen LogP contribution is -2.32. The molecule has 0 saturated carbocycles. The van der Waals surface area contributed by atoms with Crippen molar-refractivity contribution in [3.05, 3.63) is 32.8 Å². The number of non-ortho nitro benzene ring substituents is 1. The van der Waals surface area contributed by atoms with Crippen molar-refractivity contribution in [2.75, 3.05) is 6.61 Å². The van der Waals surface area contributed by atoms with E-state index in [2.05, 4.69) is 21.1 Å². The fourth-order valence-electron chi connectivity index (χ4n) is 1.70. The average molecular weight is 360 g/mol. The molecule has 0 atom stereocenters. The normalized spacial score (nSPS) is 12.2. The molecule has 0 aliphatic heterocycles. The first-order valence-electron chi connectivity index (χ1n) is 6.32. The first kappa shape index (κ1) is 17.2. The summed E-state index contributed by atoms with van der Waals surface area (Å²) in [4.78, 5) is 10.3. The fourth-order valence-corrected chi connectivity index (χ4v) is 2.16. The quantitative estimate of drug-likeness (QED) is 0.194. The molecular formula is C13H18BrN3O4. The van der Waals surface area contributed by atoms with E-state index in [1.54, 1.807) is 6.07 Å². The van der Waals surface area contributed by atoms with Gasteiger partial charge in [0, 0.05) is 16.0 Å². The number of nitro benzene ring substituents is 1. The van der Waals surface area contributed by atoms with Gasteiger partial charge < -0.3 is 15.7 Å². The largest absolute Gasteiger partial charge is 0.493 e. The van der Waals surface area contributed by atoms with E-state index in [0.29, 0.717) is 29.7 Å². The predicted molar refractivity (Wildman–Crippen MR) is 82.7 cm³/mol. The number of oxime groups is 1. The lowest BCUT2D eigenvalue weighted by molar-refractivity contribution is -0.385. The van der Waals surface area contributed by atoms with Crippen LogP contribution in [-0.4, -0.2) is 22.6 Å². The summed E-state index contributed by atoms with van der Waals surface area (Å²) in [5.74, 6) is 0.596. The number of benzene rings is 1. The van der Waals surface area contributed by atoms with Crippen molar-refractivity contribution in [1.82, 2.24) is 0 Å². The van der Waals surface area contributed by atoms with Crippen molar-refractivity contribution in [3.8, 4) is 5.75 Å². The van der Waals surface area contributed by atoms with Crippen LogP contribution in [0, 0.1) is 15.5 Å². The van der Waals surface area contributed by atoms with Crippen LogP contribution in [0.4, 0.5) is 5.69 Å². The molecule has 0 fully saturated rings. The van der Waals surface area contributed by atoms with Crippen molar-refractivity contribution in [1.29, 1.82) is 0 Å². The van der Waals surface area contributed by atoms with Gasteiger partial charge >= 0.3 is 0 Å². The van der Waals surface area contributed by atoms with Crippen LogP contribution in [0.25, 0.3) is 0 Å². The van der Waals surface area contributed by atoms with E-state index in [0.717, 1.165) is 0 Å². The number of hydrogen-bond acceptors (Lipinski definition) is 5. The number of hydrogen-bond donors (Lipinski definition) is 2. The van der Waals surface area contributed by atoms with Crippen LogP contribution >= 0.6 is 15.9 Å². The van der Waals surface area contributed by atoms with Crippen molar-refractivity contribution in [2.45, 2.75) is 26.7 Å². The molecule has 0 radical (unpaired) electrons. The van der Waals surface area contributed by atoms with Crippen LogP contribution in [-0.2, 0) is 0 Å². The van der Waals surface area contributed by atoms with E-state index in [9.17, 15) is 10.1 Å². The van der Waals surface area contributed by atoms with Gasteiger partial charge in [-0.2, -0.15) is 0 Å². The minimum Gasteiger partial charge on any atom is -0.493 e. The summed E-state index contributed by atoms with van der Waals surface area (Å²) < 4.78 is 6.10. The minimum atomic E-state index is -0.473. The number of rotatable bonds is 7. The Morgan fingerprint density at radius 2 is 2.19 bits per heavy atom. The Morgan fingerprint density at radius 3 is 2.76 bits per heavy atom. The Kier molecular flexibility index (Phi) is 5.95. The lowest BCUT2D eigenvalue weighted by Gasteiger charge is -2.22. The van der Waals surface area contributed by atoms with E-state index >= 15 is 0 Å². The molecule has 0 spiro atoms. The molecule has 0 aliphatic carbocycles. The Hall–Kier alpha value is -1.83. The Balaban J connectivity index is 2.55. The second kappa shape index (κ2) is 7.26. The topological polar surface area (TPSA) is 111 Å². The second-order valence-corrected chi connectivity index (χ2v) is 6.14. The monoisotopic (exact) mass is 359 g/mol. The summed E-state index contributed by atoms with van der Waals surface area (Å²) in [5, 5.41) is 22.4. The molecule has 3 N–H and O–H groups in total. The third-order valence-corrected chi connectivity index (χ3v) is 3.54. The summed E-state index contributed by atoms with van der Waals surface area (Å²) in [6, 6.07) is 4.45. The number of halogens is 1. The molecular weight excluding hydrogens is 342 g/mol. The maximum atomic E-state index is 10.8. The van der Waals surface area contributed by atoms with Gasteiger partial charge in [-0.05, 0) is 18.9 Å². The van der Waals surface area contributed by atoms with Crippen LogP contribution in [0.15, 0.2) is 27.8 Å². The summed E-state index contributed by atoms with van der Waals surface area (Å²) >= 11 is 3.21. The third-order valence-electron chi connectivity index (χ3n) is 3.08. The highest BCUT2D eigenvalue weighted by Crippen LogP contribution is 2.27. The predicted octanol–water partition coefficient (Wildman–Crippen LogP) is 3.29. The molecule has 0 heterocycles. The lowest BCUT2D eigenvalue weighted by atomic mass is 9.87. The van der Waals surface area contributed by atoms with Crippen molar-refractivity contribution < 1.29 is 14.9 Å². The van der Waals surface area contributed by atoms with Crippen molar-refractivity contribution in [2.24, 2.45) is 16.3 Å². The minimum absolute atomic E-state index is 0.0311. The molecule has 0 bridgehead atoms. The zero-order chi connectivity index (χ0) is 16.0. The van der Waals surface area contributed by atoms with Crippen LogP contribution in [0.2, 0.25) is 0 Å². The van der Waals surface area contributed by atoms with E-state index < -0.39 is 10.3 Å². The summed E-state index contributed by atoms with van der Waals surface area (Å²) in [5.41, 5.74) is 5.13. The summed E-state index contributed by atoms with van der Waals surface area (Å²) in [6.45, 7) is 4.12. The van der Waals surface area contributed by atoms with Gasteiger partial charge in [0.1, 0.15) is 11.6 Å². The van der Waals surface area contributed by atoms with Crippen molar-refractivity contribution in [3.63, 3.8) is 0 Å². The van der Waals surface area contributed by atoms with Crippen LogP contribution < -0.4 is 10.5 Å². The average Bonchev–Trinajstić information content (AvgIpc) is 2.42. The van der Waals surface area contributed by atoms with E-state index in [4.69, 9.17) is 15.7 Å². The molecule has 8 heteroatoms. The summed E-state index contributed by atoms with van der Waals surface area (Å²) in [6.07, 6.45) is 1.34. The zero-order valence-corrected chi connectivity index (χ0v) is 13.5. The zero-order valence-electron chi connectivity index (χ0n) is 11.9. The van der Waals surface area contributed by atoms with Gasteiger partial charge in [-0.25, -0.2) is 0 Å². The number of ether oxygens (including phenoxy) is 1. The second-order valence-electron chi connectivity index (χ2n) is 5.22. The molecule has 7 nitrogen and oxygen atoms in total. The Morgan fingerprint density at radius 1 is 1.52 bits per heavy atom. The number of nitrogens with zero attached hydrogens (tertiary/aromatic N) is 2. The van der Waals surface area contributed by atoms with Gasteiger partial charge in [0.25, 0.3) is 5.69 Å². The SMILES string of the molecule is CC(C)(CCCOc1cc(Br)cc([N+](=O)[O-])c1)/C(N)=N/O. The maximum absolute atomic E-state index is 10.8. The van der Waals surface area contributed by atoms with Gasteiger partial charge in [0.05, 0.1) is 17.6 Å². The molecule has 0 saturated heterocycles. The molecule has 1 rings (SSSR count). The van der Waals surface area contributed by atoms with Gasteiger partial charge in [-0.1, -0.05) is 34.9 Å². The fraction of sp³-hybridized carbons (Fsp3) is 0.462. The standard InChI is InChI=1S/C13H18BrN3O4/c1-13(2,12(15)16-18)4-3-5-21-11-7-9(14)6-10(8-11)17(19)20/h6-8,18H,3-5H2,1-2H3,(H2,15,16). The molecule has 0 aromatic heterocycles. The van der Waals surface area contributed by atoms with E-state index in [1.165, 1.54) is 12.1 Å². The number of nitrogens with two attached hydrogens (primary N) is 1. The molecule has 0 aliphatic rings. The van der Waals surface area contributed by atoms with Crippen LogP contribution in [0.3, 0.4) is 0 Å². The molecule has 21 heavy (non-hydrogen) atoms. The van der Waals surface area contributed by atoms with E-state index in [-0.39, 0.29) is 11.5 Å². The van der Waals surface area contributed by atoms with E-state index in [1.807, 2.05) is 13.8 Å².